The second-order valence-corrected chi connectivity index (χ2v) is 4.35. The number of rotatable bonds is 2. The Hall–Kier alpha value is -0.120. The molecule has 0 saturated carbocycles. The van der Waals surface area contributed by atoms with Gasteiger partial charge in [-0.15, -0.1) is 0 Å². The quantitative estimate of drug-likeness (QED) is 0.643. The van der Waals surface area contributed by atoms with Crippen LogP contribution in [0.1, 0.15) is 25.7 Å². The van der Waals surface area contributed by atoms with Crippen LogP contribution in [0.4, 0.5) is 0 Å². The number of β-amino-alcohol motifs (C(OH)–C–C–N with tert-alkyl or cyclic N) is 1. The van der Waals surface area contributed by atoms with Gasteiger partial charge in [-0.2, -0.15) is 0 Å². The SMILES string of the molecule is O[C@@H]1CCN(C[C@H]2CCCCN2)C1. The van der Waals surface area contributed by atoms with Crippen molar-refractivity contribution in [1.82, 2.24) is 10.2 Å². The molecule has 0 spiro atoms. The molecule has 2 heterocycles. The van der Waals surface area contributed by atoms with E-state index in [1.54, 1.807) is 0 Å². The molecule has 2 aliphatic heterocycles. The molecule has 2 fully saturated rings. The third-order valence-corrected chi connectivity index (χ3v) is 3.14. The number of hydrogen-bond acceptors (Lipinski definition) is 3. The minimum atomic E-state index is -0.0661. The van der Waals surface area contributed by atoms with Crippen molar-refractivity contribution < 1.29 is 5.11 Å². The van der Waals surface area contributed by atoms with Gasteiger partial charge in [-0.25, -0.2) is 0 Å². The minimum absolute atomic E-state index is 0.0661. The fraction of sp³-hybridized carbons (Fsp3) is 1.00. The van der Waals surface area contributed by atoms with Gasteiger partial charge in [-0.1, -0.05) is 6.42 Å². The summed E-state index contributed by atoms with van der Waals surface area (Å²) in [5, 5.41) is 12.9. The Bertz CT molecular complexity index is 154. The van der Waals surface area contributed by atoms with Crippen LogP contribution in [0.15, 0.2) is 0 Å². The Morgan fingerprint density at radius 3 is 2.85 bits per heavy atom. The molecule has 0 aromatic heterocycles. The van der Waals surface area contributed by atoms with Crippen molar-refractivity contribution in [2.45, 2.75) is 37.8 Å². The molecule has 0 amide bonds. The fourth-order valence-electron chi connectivity index (χ4n) is 2.37. The van der Waals surface area contributed by atoms with Crippen LogP contribution in [0.3, 0.4) is 0 Å². The first-order valence-electron chi connectivity index (χ1n) is 5.48. The maximum atomic E-state index is 9.37. The van der Waals surface area contributed by atoms with E-state index < -0.39 is 0 Å². The number of aliphatic hydroxyl groups is 1. The Morgan fingerprint density at radius 1 is 1.31 bits per heavy atom. The van der Waals surface area contributed by atoms with Gasteiger partial charge < -0.3 is 10.4 Å². The number of piperidine rings is 1. The summed E-state index contributed by atoms with van der Waals surface area (Å²) in [4.78, 5) is 2.38. The van der Waals surface area contributed by atoms with Gasteiger partial charge in [0, 0.05) is 25.7 Å². The molecule has 0 aromatic carbocycles. The van der Waals surface area contributed by atoms with Crippen LogP contribution in [0.5, 0.6) is 0 Å². The van der Waals surface area contributed by atoms with Gasteiger partial charge in [0.05, 0.1) is 6.10 Å². The largest absolute Gasteiger partial charge is 0.392 e. The normalized spacial score (nSPS) is 36.7. The van der Waals surface area contributed by atoms with E-state index in [2.05, 4.69) is 10.2 Å². The molecule has 0 unspecified atom stereocenters. The molecule has 0 bridgehead atoms. The van der Waals surface area contributed by atoms with E-state index in [4.69, 9.17) is 0 Å². The lowest BCUT2D eigenvalue weighted by Crippen LogP contribution is -2.43. The topological polar surface area (TPSA) is 35.5 Å². The zero-order chi connectivity index (χ0) is 9.10. The van der Waals surface area contributed by atoms with Crippen LogP contribution < -0.4 is 5.32 Å². The predicted octanol–water partition coefficient (Wildman–Crippen LogP) is 0.195. The predicted molar refractivity (Wildman–Crippen MR) is 52.7 cm³/mol. The minimum Gasteiger partial charge on any atom is -0.392 e. The van der Waals surface area contributed by atoms with Crippen LogP contribution in [0.2, 0.25) is 0 Å². The average molecular weight is 184 g/mol. The third-order valence-electron chi connectivity index (χ3n) is 3.14. The Kier molecular flexibility index (Phi) is 3.19. The highest BCUT2D eigenvalue weighted by atomic mass is 16.3. The van der Waals surface area contributed by atoms with E-state index in [-0.39, 0.29) is 6.10 Å². The van der Waals surface area contributed by atoms with Gasteiger partial charge in [0.25, 0.3) is 0 Å². The van der Waals surface area contributed by atoms with Crippen molar-refractivity contribution in [2.24, 2.45) is 0 Å². The maximum Gasteiger partial charge on any atom is 0.0679 e. The third kappa shape index (κ3) is 2.66. The first-order chi connectivity index (χ1) is 6.34. The molecular formula is C10H20N2O. The summed E-state index contributed by atoms with van der Waals surface area (Å²) < 4.78 is 0. The van der Waals surface area contributed by atoms with E-state index >= 15 is 0 Å². The van der Waals surface area contributed by atoms with Crippen LogP contribution in [-0.4, -0.2) is 48.3 Å². The molecule has 3 nitrogen and oxygen atoms in total. The van der Waals surface area contributed by atoms with Crippen molar-refractivity contribution in [2.75, 3.05) is 26.2 Å². The molecule has 2 saturated heterocycles. The standard InChI is InChI=1S/C10H20N2O/c13-10-4-6-12(8-10)7-9-3-1-2-5-11-9/h9-11,13H,1-8H2/t9-,10-/m1/s1. The lowest BCUT2D eigenvalue weighted by atomic mass is 10.0. The van der Waals surface area contributed by atoms with Gasteiger partial charge in [0.2, 0.25) is 0 Å². The average Bonchev–Trinajstić information content (AvgIpc) is 2.53. The van der Waals surface area contributed by atoms with Crippen molar-refractivity contribution in [3.63, 3.8) is 0 Å². The summed E-state index contributed by atoms with van der Waals surface area (Å²) in [5.74, 6) is 0. The van der Waals surface area contributed by atoms with Gasteiger partial charge >= 0.3 is 0 Å². The molecule has 0 aliphatic carbocycles. The highest BCUT2D eigenvalue weighted by molar-refractivity contribution is 4.81. The number of nitrogens with zero attached hydrogens (tertiary/aromatic N) is 1. The Labute approximate surface area is 80.1 Å². The zero-order valence-corrected chi connectivity index (χ0v) is 8.21. The van der Waals surface area contributed by atoms with E-state index in [0.717, 1.165) is 26.1 Å². The molecule has 76 valence electrons. The van der Waals surface area contributed by atoms with Crippen molar-refractivity contribution in [3.8, 4) is 0 Å². The summed E-state index contributed by atoms with van der Waals surface area (Å²) in [7, 11) is 0. The van der Waals surface area contributed by atoms with Crippen LogP contribution >= 0.6 is 0 Å². The second kappa shape index (κ2) is 4.40. The lowest BCUT2D eigenvalue weighted by molar-refractivity contribution is 0.169. The van der Waals surface area contributed by atoms with Crippen LogP contribution in [0.25, 0.3) is 0 Å². The second-order valence-electron chi connectivity index (χ2n) is 4.35. The van der Waals surface area contributed by atoms with Crippen LogP contribution in [0, 0.1) is 0 Å². The summed E-state index contributed by atoms with van der Waals surface area (Å²) in [6, 6.07) is 0.680. The maximum absolute atomic E-state index is 9.37. The number of aliphatic hydroxyl groups excluding tert-OH is 1. The molecule has 3 heteroatoms. The smallest absolute Gasteiger partial charge is 0.0679 e. The summed E-state index contributed by atoms with van der Waals surface area (Å²) >= 11 is 0. The molecule has 0 aromatic rings. The first kappa shape index (κ1) is 9.44. The summed E-state index contributed by atoms with van der Waals surface area (Å²) in [6.07, 6.45) is 4.91. The van der Waals surface area contributed by atoms with E-state index in [0.29, 0.717) is 6.04 Å². The highest BCUT2D eigenvalue weighted by Gasteiger charge is 2.23. The Morgan fingerprint density at radius 2 is 2.23 bits per heavy atom. The molecule has 2 atom stereocenters. The van der Waals surface area contributed by atoms with Crippen LogP contribution in [-0.2, 0) is 0 Å². The molecular weight excluding hydrogens is 164 g/mol. The van der Waals surface area contributed by atoms with Crippen molar-refractivity contribution >= 4 is 0 Å². The number of nitrogens with one attached hydrogen (secondary N) is 1. The summed E-state index contributed by atoms with van der Waals surface area (Å²) in [6.45, 7) is 4.29. The molecule has 0 radical (unpaired) electrons. The van der Waals surface area contributed by atoms with Crippen molar-refractivity contribution in [3.05, 3.63) is 0 Å². The number of hydrogen-bond donors (Lipinski definition) is 2. The van der Waals surface area contributed by atoms with E-state index in [9.17, 15) is 5.11 Å². The summed E-state index contributed by atoms with van der Waals surface area (Å²) in [5.41, 5.74) is 0. The molecule has 2 aliphatic rings. The van der Waals surface area contributed by atoms with Gasteiger partial charge in [-0.05, 0) is 25.8 Å². The highest BCUT2D eigenvalue weighted by Crippen LogP contribution is 2.13. The molecule has 13 heavy (non-hydrogen) atoms. The monoisotopic (exact) mass is 184 g/mol. The first-order valence-corrected chi connectivity index (χ1v) is 5.48. The van der Waals surface area contributed by atoms with E-state index in [1.165, 1.54) is 25.8 Å². The van der Waals surface area contributed by atoms with Crippen molar-refractivity contribution in [1.29, 1.82) is 0 Å². The zero-order valence-electron chi connectivity index (χ0n) is 8.21. The van der Waals surface area contributed by atoms with Gasteiger partial charge in [-0.3, -0.25) is 4.90 Å². The molecule has 2 rings (SSSR count). The van der Waals surface area contributed by atoms with Gasteiger partial charge in [0.15, 0.2) is 0 Å². The lowest BCUT2D eigenvalue weighted by Gasteiger charge is -2.27. The number of likely N-dealkylation sites (tertiary alicyclic amines) is 1. The van der Waals surface area contributed by atoms with E-state index in [1.807, 2.05) is 0 Å². The molecule has 2 N–H and O–H groups in total. The van der Waals surface area contributed by atoms with Gasteiger partial charge in [0.1, 0.15) is 0 Å². The fourth-order valence-corrected chi connectivity index (χ4v) is 2.37. The Balaban J connectivity index is 1.71.